The predicted octanol–water partition coefficient (Wildman–Crippen LogP) is 4.57. The second kappa shape index (κ2) is 10.3. The smallest absolute Gasteiger partial charge is 0.376 e. The van der Waals surface area contributed by atoms with E-state index >= 15 is 0 Å². The maximum absolute atomic E-state index is 13.5. The van der Waals surface area contributed by atoms with E-state index in [1.165, 1.54) is 29.2 Å². The van der Waals surface area contributed by atoms with Gasteiger partial charge in [0.2, 0.25) is 5.91 Å². The number of carbonyl (C=O) groups excluding carboxylic acids is 2. The molecule has 8 heteroatoms. The van der Waals surface area contributed by atoms with E-state index in [9.17, 15) is 22.8 Å². The van der Waals surface area contributed by atoms with Gasteiger partial charge in [0.15, 0.2) is 0 Å². The molecule has 158 valence electrons. The van der Waals surface area contributed by atoms with Crippen molar-refractivity contribution in [3.8, 4) is 0 Å². The number of alkyl halides is 3. The first kappa shape index (κ1) is 22.7. The Kier molecular flexibility index (Phi) is 7.80. The molecule has 30 heavy (non-hydrogen) atoms. The first-order valence-electron chi connectivity index (χ1n) is 9.07. The molecule has 0 unspecified atom stereocenters. The Bertz CT molecular complexity index is 902. The van der Waals surface area contributed by atoms with E-state index in [4.69, 9.17) is 0 Å². The summed E-state index contributed by atoms with van der Waals surface area (Å²) in [5.74, 6) is -0.923. The van der Waals surface area contributed by atoms with Gasteiger partial charge in [0.25, 0.3) is 5.91 Å². The number of hydrogen-bond donors (Lipinski definition) is 2. The van der Waals surface area contributed by atoms with Crippen LogP contribution in [0.1, 0.15) is 15.9 Å². The third-order valence-electron chi connectivity index (χ3n) is 4.10. The second-order valence-electron chi connectivity index (χ2n) is 6.31. The molecular formula is C22H22F3N3O2. The highest BCUT2D eigenvalue weighted by atomic mass is 19.4. The van der Waals surface area contributed by atoms with Crippen LogP contribution < -0.4 is 10.6 Å². The quantitative estimate of drug-likeness (QED) is 0.588. The Balaban J connectivity index is 2.18. The number of rotatable bonds is 9. The number of hydrogen-bond acceptors (Lipinski definition) is 3. The maximum atomic E-state index is 13.5. The van der Waals surface area contributed by atoms with Crippen molar-refractivity contribution < 1.29 is 22.8 Å². The number of halogens is 3. The van der Waals surface area contributed by atoms with Gasteiger partial charge in [-0.3, -0.25) is 9.59 Å². The zero-order chi connectivity index (χ0) is 22.1. The molecule has 0 saturated heterocycles. The Labute approximate surface area is 172 Å². The number of amides is 2. The summed E-state index contributed by atoms with van der Waals surface area (Å²) in [5, 5.41) is 4.99. The van der Waals surface area contributed by atoms with Gasteiger partial charge in [-0.2, -0.15) is 13.2 Å². The summed E-state index contributed by atoms with van der Waals surface area (Å²) >= 11 is 0. The molecular weight excluding hydrogens is 395 g/mol. The van der Waals surface area contributed by atoms with E-state index in [0.717, 1.165) is 6.07 Å². The zero-order valence-electron chi connectivity index (χ0n) is 16.2. The van der Waals surface area contributed by atoms with E-state index in [-0.39, 0.29) is 31.0 Å². The highest BCUT2D eigenvalue weighted by Gasteiger charge is 2.34. The molecule has 0 radical (unpaired) electrons. The molecule has 0 heterocycles. The van der Waals surface area contributed by atoms with Gasteiger partial charge >= 0.3 is 6.18 Å². The summed E-state index contributed by atoms with van der Waals surface area (Å²) in [5.41, 5.74) is -0.928. The maximum Gasteiger partial charge on any atom is 0.418 e. The van der Waals surface area contributed by atoms with E-state index in [0.29, 0.717) is 5.56 Å². The Morgan fingerprint density at radius 3 is 2.20 bits per heavy atom. The highest BCUT2D eigenvalue weighted by molar-refractivity contribution is 6.04. The Morgan fingerprint density at radius 2 is 1.63 bits per heavy atom. The average molecular weight is 417 g/mol. The molecule has 2 amide bonds. The minimum atomic E-state index is -4.68. The van der Waals surface area contributed by atoms with Crippen molar-refractivity contribution in [2.45, 2.75) is 6.18 Å². The van der Waals surface area contributed by atoms with Gasteiger partial charge in [0.1, 0.15) is 0 Å². The van der Waals surface area contributed by atoms with E-state index < -0.39 is 23.6 Å². The fraction of sp³-hybridized carbons (Fsp3) is 0.182. The summed E-state index contributed by atoms with van der Waals surface area (Å²) in [4.78, 5) is 25.9. The molecule has 0 aliphatic rings. The van der Waals surface area contributed by atoms with Crippen LogP contribution in [0.5, 0.6) is 0 Å². The second-order valence-corrected chi connectivity index (χ2v) is 6.31. The summed E-state index contributed by atoms with van der Waals surface area (Å²) in [6, 6.07) is 11.5. The number of nitrogens with zero attached hydrogens (tertiary/aromatic N) is 1. The molecule has 0 aliphatic carbocycles. The highest BCUT2D eigenvalue weighted by Crippen LogP contribution is 2.36. The molecule has 2 N–H and O–H groups in total. The minimum Gasteiger partial charge on any atom is -0.376 e. The molecule has 0 aliphatic heterocycles. The minimum absolute atomic E-state index is 0.00649. The summed E-state index contributed by atoms with van der Waals surface area (Å²) in [6.45, 7) is 7.28. The van der Waals surface area contributed by atoms with Gasteiger partial charge in [0.05, 0.1) is 12.1 Å². The van der Waals surface area contributed by atoms with Gasteiger partial charge in [-0.25, -0.2) is 0 Å². The molecule has 0 saturated carbocycles. The SMILES string of the molecule is C=CCN(CC=C)C(=O)CNc1ccc(NC(=O)c2ccccc2)cc1C(F)(F)F. The largest absolute Gasteiger partial charge is 0.418 e. The van der Waals surface area contributed by atoms with Gasteiger partial charge in [0, 0.05) is 30.0 Å². The van der Waals surface area contributed by atoms with Crippen molar-refractivity contribution >= 4 is 23.2 Å². The van der Waals surface area contributed by atoms with Crippen LogP contribution >= 0.6 is 0 Å². The number of benzene rings is 2. The lowest BCUT2D eigenvalue weighted by Crippen LogP contribution is -2.36. The van der Waals surface area contributed by atoms with Gasteiger partial charge in [-0.15, -0.1) is 13.2 Å². The number of carbonyl (C=O) groups is 2. The van der Waals surface area contributed by atoms with E-state index in [2.05, 4.69) is 23.8 Å². The molecule has 2 rings (SSSR count). The molecule has 0 spiro atoms. The van der Waals surface area contributed by atoms with Crippen LogP contribution in [0.3, 0.4) is 0 Å². The van der Waals surface area contributed by atoms with Crippen molar-refractivity contribution in [3.63, 3.8) is 0 Å². The summed E-state index contributed by atoms with van der Waals surface area (Å²) in [6.07, 6.45) is -1.64. The van der Waals surface area contributed by atoms with Crippen LogP contribution in [0, 0.1) is 0 Å². The lowest BCUT2D eigenvalue weighted by atomic mass is 10.1. The van der Waals surface area contributed by atoms with Crippen LogP contribution in [0.4, 0.5) is 24.5 Å². The van der Waals surface area contributed by atoms with Gasteiger partial charge in [-0.1, -0.05) is 30.4 Å². The molecule has 2 aromatic rings. The van der Waals surface area contributed by atoms with Crippen molar-refractivity contribution in [2.75, 3.05) is 30.3 Å². The molecule has 0 atom stereocenters. The first-order chi connectivity index (χ1) is 14.3. The summed E-state index contributed by atoms with van der Waals surface area (Å²) in [7, 11) is 0. The lowest BCUT2D eigenvalue weighted by molar-refractivity contribution is -0.137. The molecule has 5 nitrogen and oxygen atoms in total. The standard InChI is InChI=1S/C22H22F3N3O2/c1-3-12-28(13-4-2)20(29)15-26-19-11-10-17(14-18(19)22(23,24)25)27-21(30)16-8-6-5-7-9-16/h3-11,14,26H,1-2,12-13,15H2,(H,27,30). The van der Waals surface area contributed by atoms with Crippen LogP contribution in [0.15, 0.2) is 73.8 Å². The number of anilines is 2. The van der Waals surface area contributed by atoms with Crippen LogP contribution in [0.25, 0.3) is 0 Å². The third kappa shape index (κ3) is 6.23. The molecule has 2 aromatic carbocycles. The molecule has 0 bridgehead atoms. The van der Waals surface area contributed by atoms with Crippen molar-refractivity contribution in [2.24, 2.45) is 0 Å². The fourth-order valence-corrected chi connectivity index (χ4v) is 2.68. The van der Waals surface area contributed by atoms with Crippen LogP contribution in [0.2, 0.25) is 0 Å². The predicted molar refractivity (Wildman–Crippen MR) is 111 cm³/mol. The monoisotopic (exact) mass is 417 g/mol. The Morgan fingerprint density at radius 1 is 1.00 bits per heavy atom. The van der Waals surface area contributed by atoms with Crippen LogP contribution in [-0.2, 0) is 11.0 Å². The molecule has 0 aromatic heterocycles. The third-order valence-corrected chi connectivity index (χ3v) is 4.10. The van der Waals surface area contributed by atoms with Crippen molar-refractivity contribution in [1.29, 1.82) is 0 Å². The van der Waals surface area contributed by atoms with Crippen molar-refractivity contribution in [1.82, 2.24) is 4.90 Å². The lowest BCUT2D eigenvalue weighted by Gasteiger charge is -2.21. The first-order valence-corrected chi connectivity index (χ1v) is 9.07. The topological polar surface area (TPSA) is 61.4 Å². The average Bonchev–Trinajstić information content (AvgIpc) is 2.72. The normalized spacial score (nSPS) is 10.8. The van der Waals surface area contributed by atoms with Gasteiger partial charge in [-0.05, 0) is 30.3 Å². The van der Waals surface area contributed by atoms with E-state index in [1.807, 2.05) is 0 Å². The van der Waals surface area contributed by atoms with E-state index in [1.54, 1.807) is 30.3 Å². The van der Waals surface area contributed by atoms with Crippen molar-refractivity contribution in [3.05, 3.63) is 85.0 Å². The fourth-order valence-electron chi connectivity index (χ4n) is 2.68. The summed E-state index contributed by atoms with van der Waals surface area (Å²) < 4.78 is 40.6. The van der Waals surface area contributed by atoms with Gasteiger partial charge < -0.3 is 15.5 Å². The zero-order valence-corrected chi connectivity index (χ0v) is 16.2. The Hall–Kier alpha value is -3.55. The van der Waals surface area contributed by atoms with Crippen LogP contribution in [-0.4, -0.2) is 36.3 Å². The molecule has 0 fully saturated rings. The number of nitrogens with one attached hydrogen (secondary N) is 2.